The van der Waals surface area contributed by atoms with Crippen LogP contribution in [0.4, 0.5) is 0 Å². The summed E-state index contributed by atoms with van der Waals surface area (Å²) in [5, 5.41) is 16.6. The zero-order valence-corrected chi connectivity index (χ0v) is 13.3. The molecule has 1 saturated heterocycles. The maximum absolute atomic E-state index is 12.4. The van der Waals surface area contributed by atoms with Gasteiger partial charge in [-0.1, -0.05) is 0 Å². The highest BCUT2D eigenvalue weighted by atomic mass is 16.5. The largest absolute Gasteiger partial charge is 0.481 e. The molecule has 0 saturated carbocycles. The van der Waals surface area contributed by atoms with Crippen LogP contribution in [0.15, 0.2) is 0 Å². The maximum Gasteiger partial charge on any atom is 0.311 e. The Morgan fingerprint density at radius 3 is 2.50 bits per heavy atom. The number of carboxylic acids is 1. The molecule has 1 aromatic rings. The van der Waals surface area contributed by atoms with E-state index in [0.29, 0.717) is 43.9 Å². The predicted octanol–water partition coefficient (Wildman–Crippen LogP) is 1.13. The summed E-state index contributed by atoms with van der Waals surface area (Å²) in [7, 11) is 0. The molecule has 1 fully saturated rings. The first-order chi connectivity index (χ1) is 10.4. The molecule has 1 aliphatic rings. The van der Waals surface area contributed by atoms with Gasteiger partial charge in [0.2, 0.25) is 0 Å². The Morgan fingerprint density at radius 1 is 1.36 bits per heavy atom. The van der Waals surface area contributed by atoms with Gasteiger partial charge in [0.05, 0.1) is 16.7 Å². The number of aryl methyl sites for hydroxylation is 2. The van der Waals surface area contributed by atoms with Crippen molar-refractivity contribution in [1.82, 2.24) is 15.1 Å². The van der Waals surface area contributed by atoms with Gasteiger partial charge in [0.15, 0.2) is 0 Å². The van der Waals surface area contributed by atoms with Crippen LogP contribution < -0.4 is 5.32 Å². The van der Waals surface area contributed by atoms with Gasteiger partial charge in [-0.3, -0.25) is 14.3 Å². The number of rotatable bonds is 5. The quantitative estimate of drug-likeness (QED) is 0.850. The smallest absolute Gasteiger partial charge is 0.311 e. The van der Waals surface area contributed by atoms with Gasteiger partial charge in [0.25, 0.3) is 5.91 Å². The number of hydrogen-bond acceptors (Lipinski definition) is 4. The van der Waals surface area contributed by atoms with Gasteiger partial charge in [0, 0.05) is 32.0 Å². The Morgan fingerprint density at radius 2 is 2.00 bits per heavy atom. The van der Waals surface area contributed by atoms with E-state index in [1.807, 2.05) is 13.8 Å². The van der Waals surface area contributed by atoms with Gasteiger partial charge in [0.1, 0.15) is 0 Å². The molecule has 1 aliphatic heterocycles. The van der Waals surface area contributed by atoms with Gasteiger partial charge >= 0.3 is 5.97 Å². The third-order valence-corrected chi connectivity index (χ3v) is 4.40. The lowest BCUT2D eigenvalue weighted by Gasteiger charge is -2.33. The number of nitrogens with one attached hydrogen (secondary N) is 1. The monoisotopic (exact) mass is 309 g/mol. The molecular weight excluding hydrogens is 286 g/mol. The van der Waals surface area contributed by atoms with Crippen LogP contribution in [-0.4, -0.2) is 46.5 Å². The van der Waals surface area contributed by atoms with E-state index in [9.17, 15) is 14.7 Å². The van der Waals surface area contributed by atoms with Crippen molar-refractivity contribution in [2.75, 3.05) is 19.8 Å². The molecule has 122 valence electrons. The summed E-state index contributed by atoms with van der Waals surface area (Å²) in [6.45, 7) is 7.22. The fourth-order valence-electron chi connectivity index (χ4n) is 2.90. The molecule has 0 radical (unpaired) electrons. The minimum atomic E-state index is -0.934. The van der Waals surface area contributed by atoms with Gasteiger partial charge in [-0.15, -0.1) is 0 Å². The van der Waals surface area contributed by atoms with Crippen LogP contribution in [0, 0.1) is 19.3 Å². The van der Waals surface area contributed by atoms with E-state index in [0.717, 1.165) is 5.69 Å². The molecule has 0 unspecified atom stereocenters. The van der Waals surface area contributed by atoms with Gasteiger partial charge < -0.3 is 15.2 Å². The highest BCUT2D eigenvalue weighted by Gasteiger charge is 2.40. The van der Waals surface area contributed by atoms with E-state index in [1.54, 1.807) is 11.6 Å². The lowest BCUT2D eigenvalue weighted by molar-refractivity contribution is -0.154. The molecule has 7 nitrogen and oxygen atoms in total. The topological polar surface area (TPSA) is 93.5 Å². The van der Waals surface area contributed by atoms with Crippen LogP contribution in [0.5, 0.6) is 0 Å². The summed E-state index contributed by atoms with van der Waals surface area (Å²) < 4.78 is 7.00. The summed E-state index contributed by atoms with van der Waals surface area (Å²) in [6, 6.07) is 0. The number of carboxylic acid groups (broad SMARTS) is 1. The zero-order chi connectivity index (χ0) is 16.3. The standard InChI is InChI=1S/C15H23N3O4/c1-4-18-11(3)12(10(2)17-18)13(19)16-9-15(14(20)21)5-7-22-8-6-15/h4-9H2,1-3H3,(H,16,19)(H,20,21). The van der Waals surface area contributed by atoms with Crippen molar-refractivity contribution >= 4 is 11.9 Å². The van der Waals surface area contributed by atoms with Crippen molar-refractivity contribution in [2.24, 2.45) is 5.41 Å². The molecule has 2 rings (SSSR count). The van der Waals surface area contributed by atoms with Gasteiger partial charge in [-0.25, -0.2) is 0 Å². The van der Waals surface area contributed by atoms with Gasteiger partial charge in [-0.2, -0.15) is 5.10 Å². The first kappa shape index (κ1) is 16.5. The van der Waals surface area contributed by atoms with E-state index >= 15 is 0 Å². The lowest BCUT2D eigenvalue weighted by Crippen LogP contribution is -2.46. The molecule has 0 aliphatic carbocycles. The first-order valence-electron chi connectivity index (χ1n) is 7.54. The van der Waals surface area contributed by atoms with E-state index in [1.165, 1.54) is 0 Å². The van der Waals surface area contributed by atoms with Crippen molar-refractivity contribution < 1.29 is 19.4 Å². The summed E-state index contributed by atoms with van der Waals surface area (Å²) in [5.41, 5.74) is 1.06. The van der Waals surface area contributed by atoms with Crippen molar-refractivity contribution in [3.8, 4) is 0 Å². The molecule has 1 aromatic heterocycles. The first-order valence-corrected chi connectivity index (χ1v) is 7.54. The third-order valence-electron chi connectivity index (χ3n) is 4.40. The fraction of sp³-hybridized carbons (Fsp3) is 0.667. The highest BCUT2D eigenvalue weighted by molar-refractivity contribution is 5.96. The highest BCUT2D eigenvalue weighted by Crippen LogP contribution is 2.30. The van der Waals surface area contributed by atoms with Crippen LogP contribution in [0.2, 0.25) is 0 Å². The fourth-order valence-corrected chi connectivity index (χ4v) is 2.90. The number of hydrogen-bond donors (Lipinski definition) is 2. The Labute approximate surface area is 129 Å². The Hall–Kier alpha value is -1.89. The molecular formula is C15H23N3O4. The predicted molar refractivity (Wildman–Crippen MR) is 79.8 cm³/mol. The van der Waals surface area contributed by atoms with E-state index < -0.39 is 11.4 Å². The normalized spacial score (nSPS) is 17.2. The summed E-state index contributed by atoms with van der Waals surface area (Å²) in [6.07, 6.45) is 0.823. The molecule has 0 atom stereocenters. The second kappa shape index (κ2) is 6.48. The number of nitrogens with zero attached hydrogens (tertiary/aromatic N) is 2. The second-order valence-electron chi connectivity index (χ2n) is 5.74. The number of aromatic nitrogens is 2. The zero-order valence-electron chi connectivity index (χ0n) is 13.3. The number of amides is 1. The summed E-state index contributed by atoms with van der Waals surface area (Å²) in [4.78, 5) is 24.0. The third kappa shape index (κ3) is 2.99. The molecule has 0 spiro atoms. The molecule has 1 amide bonds. The molecule has 0 bridgehead atoms. The number of aliphatic carboxylic acids is 1. The molecule has 7 heteroatoms. The number of ether oxygens (including phenoxy) is 1. The number of carbonyl (C=O) groups excluding carboxylic acids is 1. The van der Waals surface area contributed by atoms with Gasteiger partial charge in [-0.05, 0) is 33.6 Å². The van der Waals surface area contributed by atoms with E-state index in [-0.39, 0.29) is 12.5 Å². The second-order valence-corrected chi connectivity index (χ2v) is 5.74. The molecule has 22 heavy (non-hydrogen) atoms. The Bertz CT molecular complexity index is 574. The van der Waals surface area contributed by atoms with Crippen molar-refractivity contribution in [1.29, 1.82) is 0 Å². The number of carbonyl (C=O) groups is 2. The molecule has 0 aromatic carbocycles. The average Bonchev–Trinajstić information content (AvgIpc) is 2.80. The average molecular weight is 309 g/mol. The minimum absolute atomic E-state index is 0.112. The SMILES string of the molecule is CCn1nc(C)c(C(=O)NCC2(C(=O)O)CCOCC2)c1C. The van der Waals surface area contributed by atoms with Crippen LogP contribution in [0.3, 0.4) is 0 Å². The van der Waals surface area contributed by atoms with E-state index in [2.05, 4.69) is 10.4 Å². The van der Waals surface area contributed by atoms with Crippen molar-refractivity contribution in [3.63, 3.8) is 0 Å². The summed E-state index contributed by atoms with van der Waals surface area (Å²) in [5.74, 6) is -1.14. The van der Waals surface area contributed by atoms with Crippen molar-refractivity contribution in [2.45, 2.75) is 40.2 Å². The van der Waals surface area contributed by atoms with Crippen molar-refractivity contribution in [3.05, 3.63) is 17.0 Å². The Kier molecular flexibility index (Phi) is 4.85. The van der Waals surface area contributed by atoms with Crippen LogP contribution >= 0.6 is 0 Å². The molecule has 2 N–H and O–H groups in total. The maximum atomic E-state index is 12.4. The minimum Gasteiger partial charge on any atom is -0.481 e. The van der Waals surface area contributed by atoms with Crippen LogP contribution in [-0.2, 0) is 16.1 Å². The van der Waals surface area contributed by atoms with Crippen LogP contribution in [0.25, 0.3) is 0 Å². The van der Waals surface area contributed by atoms with Crippen LogP contribution in [0.1, 0.15) is 41.5 Å². The van der Waals surface area contributed by atoms with E-state index in [4.69, 9.17) is 4.74 Å². The molecule has 2 heterocycles. The summed E-state index contributed by atoms with van der Waals surface area (Å²) >= 11 is 0. The lowest BCUT2D eigenvalue weighted by atomic mass is 9.80. The Balaban J connectivity index is 2.12.